The van der Waals surface area contributed by atoms with Gasteiger partial charge in [-0.15, -0.1) is 0 Å². The number of halogens is 1. The number of hydrogen-bond acceptors (Lipinski definition) is 8. The third-order valence-electron chi connectivity index (χ3n) is 6.12. The van der Waals surface area contributed by atoms with Crippen molar-refractivity contribution in [2.75, 3.05) is 49.6 Å². The highest BCUT2D eigenvalue weighted by atomic mass is 19.1. The number of anilines is 2. The molecule has 0 spiro atoms. The molecule has 3 rings (SSSR count). The van der Waals surface area contributed by atoms with Crippen molar-refractivity contribution >= 4 is 29.3 Å². The monoisotopic (exact) mass is 576 g/mol. The van der Waals surface area contributed by atoms with Crippen LogP contribution in [0.2, 0.25) is 0 Å². The van der Waals surface area contributed by atoms with E-state index in [4.69, 9.17) is 31.8 Å². The highest BCUT2D eigenvalue weighted by Gasteiger charge is 2.19. The topological polar surface area (TPSA) is 199 Å². The second-order valence-corrected chi connectivity index (χ2v) is 9.30. The standard InChI is InChI=1S/C22H27FN2O4.C6H14N4O2/c1-2-28-21(22(26)27)14-16-4-7-18(8-5-16)24-10-3-11-25-12-13-29-20-15-17(23)6-9-19(20)25;7-4(5(11)12)2-1-3-10-6(8)9/h4-9,15,21,24H,2-3,10-14H2,1H3,(H,26,27);4H,1-3,7H2,(H,11,12)(H4,8,9,10). The molecule has 0 radical (unpaired) electrons. The zero-order chi connectivity index (χ0) is 30.2. The number of nitrogens with one attached hydrogen (secondary N) is 1. The molecule has 12 nitrogen and oxygen atoms in total. The lowest BCUT2D eigenvalue weighted by atomic mass is 10.1. The molecule has 0 aromatic heterocycles. The highest BCUT2D eigenvalue weighted by molar-refractivity contribution is 5.75. The first-order valence-corrected chi connectivity index (χ1v) is 13.5. The maximum Gasteiger partial charge on any atom is 0.333 e. The SMILES string of the molecule is CCOC(Cc1ccc(NCCCN2CCOc3cc(F)ccc32)cc1)C(=O)O.NC(N)=NCCCC(N)C(=O)O. The summed E-state index contributed by atoms with van der Waals surface area (Å²) in [5.41, 5.74) is 18.2. The Hall–Kier alpha value is -4.10. The maximum absolute atomic E-state index is 13.3. The van der Waals surface area contributed by atoms with Crippen LogP contribution in [-0.4, -0.2) is 79.6 Å². The Labute approximate surface area is 239 Å². The van der Waals surface area contributed by atoms with E-state index in [0.717, 1.165) is 43.0 Å². The first-order valence-electron chi connectivity index (χ1n) is 13.5. The molecule has 2 unspecified atom stereocenters. The van der Waals surface area contributed by atoms with Gasteiger partial charge in [0.05, 0.1) is 12.2 Å². The fourth-order valence-electron chi connectivity index (χ4n) is 4.02. The van der Waals surface area contributed by atoms with Gasteiger partial charge in [0.1, 0.15) is 24.2 Å². The van der Waals surface area contributed by atoms with Crippen LogP contribution in [0.4, 0.5) is 15.8 Å². The molecule has 0 bridgehead atoms. The highest BCUT2D eigenvalue weighted by Crippen LogP contribution is 2.32. The number of ether oxygens (including phenoxy) is 2. The predicted molar refractivity (Wildman–Crippen MR) is 156 cm³/mol. The van der Waals surface area contributed by atoms with E-state index in [1.165, 1.54) is 12.1 Å². The van der Waals surface area contributed by atoms with Gasteiger partial charge < -0.3 is 47.1 Å². The average molecular weight is 577 g/mol. The van der Waals surface area contributed by atoms with Gasteiger partial charge in [-0.05, 0) is 56.0 Å². The van der Waals surface area contributed by atoms with Crippen molar-refractivity contribution in [1.29, 1.82) is 0 Å². The van der Waals surface area contributed by atoms with Crippen molar-refractivity contribution in [2.24, 2.45) is 22.2 Å². The summed E-state index contributed by atoms with van der Waals surface area (Å²) in [6.07, 6.45) is 1.41. The van der Waals surface area contributed by atoms with Gasteiger partial charge >= 0.3 is 11.9 Å². The lowest BCUT2D eigenvalue weighted by molar-refractivity contribution is -0.150. The number of nitrogens with zero attached hydrogens (tertiary/aromatic N) is 2. The van der Waals surface area contributed by atoms with Gasteiger partial charge in [-0.3, -0.25) is 9.79 Å². The van der Waals surface area contributed by atoms with Crippen LogP contribution in [0.1, 0.15) is 31.7 Å². The van der Waals surface area contributed by atoms with E-state index in [9.17, 15) is 19.1 Å². The molecule has 226 valence electrons. The minimum Gasteiger partial charge on any atom is -0.489 e. The Bertz CT molecular complexity index is 1130. The Morgan fingerprint density at radius 3 is 2.51 bits per heavy atom. The number of carbonyl (C=O) groups is 2. The minimum absolute atomic E-state index is 0.0129. The first-order chi connectivity index (χ1) is 19.6. The number of nitrogens with two attached hydrogens (primary N) is 3. The molecule has 0 saturated carbocycles. The first kappa shape index (κ1) is 33.1. The molecule has 0 saturated heterocycles. The summed E-state index contributed by atoms with van der Waals surface area (Å²) in [6.45, 7) is 5.58. The maximum atomic E-state index is 13.3. The van der Waals surface area contributed by atoms with E-state index in [2.05, 4.69) is 15.2 Å². The van der Waals surface area contributed by atoms with Crippen molar-refractivity contribution in [1.82, 2.24) is 0 Å². The van der Waals surface area contributed by atoms with Gasteiger partial charge in [-0.25, -0.2) is 9.18 Å². The normalized spacial score (nSPS) is 13.5. The fourth-order valence-corrected chi connectivity index (χ4v) is 4.02. The number of guanidine groups is 1. The summed E-state index contributed by atoms with van der Waals surface area (Å²) < 4.78 is 24.1. The van der Waals surface area contributed by atoms with Crippen LogP contribution in [0, 0.1) is 5.82 Å². The number of rotatable bonds is 15. The van der Waals surface area contributed by atoms with E-state index in [1.54, 1.807) is 13.0 Å². The Balaban J connectivity index is 0.000000415. The van der Waals surface area contributed by atoms with Gasteiger partial charge in [0.15, 0.2) is 12.1 Å². The van der Waals surface area contributed by atoms with Gasteiger partial charge in [0, 0.05) is 44.4 Å². The second-order valence-electron chi connectivity index (χ2n) is 9.30. The molecule has 9 N–H and O–H groups in total. The number of hydrogen-bond donors (Lipinski definition) is 6. The number of carboxylic acid groups (broad SMARTS) is 2. The fraction of sp³-hybridized carbons (Fsp3) is 0.464. The van der Waals surface area contributed by atoms with E-state index >= 15 is 0 Å². The number of fused-ring (bicyclic) bond motifs is 1. The van der Waals surface area contributed by atoms with Crippen molar-refractivity contribution in [3.63, 3.8) is 0 Å². The largest absolute Gasteiger partial charge is 0.489 e. The molecule has 41 heavy (non-hydrogen) atoms. The number of benzene rings is 2. The van der Waals surface area contributed by atoms with E-state index in [-0.39, 0.29) is 11.8 Å². The summed E-state index contributed by atoms with van der Waals surface area (Å²) >= 11 is 0. The van der Waals surface area contributed by atoms with Crippen molar-refractivity contribution in [3.8, 4) is 5.75 Å². The van der Waals surface area contributed by atoms with Crippen LogP contribution in [-0.2, 0) is 20.7 Å². The van der Waals surface area contributed by atoms with Crippen molar-refractivity contribution in [2.45, 2.75) is 44.8 Å². The Morgan fingerprint density at radius 2 is 1.88 bits per heavy atom. The van der Waals surface area contributed by atoms with Crippen LogP contribution >= 0.6 is 0 Å². The van der Waals surface area contributed by atoms with E-state index < -0.39 is 24.1 Å². The Kier molecular flexibility index (Phi) is 14.2. The van der Waals surface area contributed by atoms with Gasteiger partial charge in [0.25, 0.3) is 0 Å². The molecule has 0 aliphatic carbocycles. The smallest absolute Gasteiger partial charge is 0.333 e. The van der Waals surface area contributed by atoms with E-state index in [0.29, 0.717) is 44.8 Å². The zero-order valence-corrected chi connectivity index (χ0v) is 23.3. The minimum atomic E-state index is -1.00. The zero-order valence-electron chi connectivity index (χ0n) is 23.3. The quantitative estimate of drug-likeness (QED) is 0.103. The van der Waals surface area contributed by atoms with Crippen molar-refractivity contribution < 1.29 is 33.7 Å². The van der Waals surface area contributed by atoms with Crippen LogP contribution in [0.15, 0.2) is 47.5 Å². The second kappa shape index (κ2) is 17.6. The van der Waals surface area contributed by atoms with Crippen LogP contribution in [0.25, 0.3) is 0 Å². The van der Waals surface area contributed by atoms with Crippen LogP contribution in [0.5, 0.6) is 5.75 Å². The lowest BCUT2D eigenvalue weighted by Gasteiger charge is -2.31. The molecule has 13 heteroatoms. The number of carboxylic acids is 2. The molecule has 1 aliphatic heterocycles. The summed E-state index contributed by atoms with van der Waals surface area (Å²) in [4.78, 5) is 27.3. The van der Waals surface area contributed by atoms with Gasteiger partial charge in [0.2, 0.25) is 0 Å². The molecular weight excluding hydrogens is 535 g/mol. The summed E-state index contributed by atoms with van der Waals surface area (Å²) in [5, 5.41) is 20.9. The molecule has 0 amide bonds. The number of aliphatic imine (C=N–C) groups is 1. The van der Waals surface area contributed by atoms with E-state index in [1.807, 2.05) is 24.3 Å². The molecule has 2 atom stereocenters. The Morgan fingerprint density at radius 1 is 1.15 bits per heavy atom. The molecular formula is C28H41FN6O6. The molecule has 1 aliphatic rings. The third kappa shape index (κ3) is 12.3. The summed E-state index contributed by atoms with van der Waals surface area (Å²) in [7, 11) is 0. The molecule has 0 fully saturated rings. The predicted octanol–water partition coefficient (Wildman–Crippen LogP) is 2.01. The average Bonchev–Trinajstić information content (AvgIpc) is 2.93. The van der Waals surface area contributed by atoms with Crippen LogP contribution < -0.4 is 32.2 Å². The molecule has 1 heterocycles. The number of aliphatic carboxylic acids is 2. The summed E-state index contributed by atoms with van der Waals surface area (Å²) in [5.74, 6) is -1.61. The van der Waals surface area contributed by atoms with Gasteiger partial charge in [-0.2, -0.15) is 0 Å². The lowest BCUT2D eigenvalue weighted by Crippen LogP contribution is -2.34. The molecule has 2 aromatic carbocycles. The molecule has 2 aromatic rings. The van der Waals surface area contributed by atoms with Crippen LogP contribution in [0.3, 0.4) is 0 Å². The van der Waals surface area contributed by atoms with Gasteiger partial charge in [-0.1, -0.05) is 12.1 Å². The summed E-state index contributed by atoms with van der Waals surface area (Å²) in [6, 6.07) is 11.6. The van der Waals surface area contributed by atoms with Crippen molar-refractivity contribution in [3.05, 3.63) is 53.8 Å². The third-order valence-corrected chi connectivity index (χ3v) is 6.12.